The van der Waals surface area contributed by atoms with E-state index in [4.69, 9.17) is 5.73 Å². The van der Waals surface area contributed by atoms with E-state index in [1.807, 2.05) is 0 Å². The van der Waals surface area contributed by atoms with E-state index >= 15 is 0 Å². The molecule has 7 heteroatoms. The Morgan fingerprint density at radius 2 is 2.13 bits per heavy atom. The zero-order chi connectivity index (χ0) is 11.5. The molecule has 0 aliphatic carbocycles. The largest absolute Gasteiger partial charge is 0.396 e. The van der Waals surface area contributed by atoms with Gasteiger partial charge in [-0.3, -0.25) is 9.19 Å². The third-order valence-corrected chi connectivity index (χ3v) is 3.06. The zero-order valence-corrected chi connectivity index (χ0v) is 8.44. The van der Waals surface area contributed by atoms with Gasteiger partial charge in [0.2, 0.25) is 0 Å². The summed E-state index contributed by atoms with van der Waals surface area (Å²) < 4.78 is 47.0. The Kier molecular flexibility index (Phi) is 3.67. The van der Waals surface area contributed by atoms with Crippen LogP contribution in [0.4, 0.5) is 18.9 Å². The molecular formula is C8H9F3N2OS. The van der Waals surface area contributed by atoms with Crippen LogP contribution >= 0.6 is 0 Å². The van der Waals surface area contributed by atoms with Crippen molar-refractivity contribution >= 4 is 16.5 Å². The number of aromatic nitrogens is 1. The third kappa shape index (κ3) is 3.86. The topological polar surface area (TPSA) is 56.0 Å². The van der Waals surface area contributed by atoms with Crippen molar-refractivity contribution in [3.05, 3.63) is 18.5 Å². The smallest absolute Gasteiger partial charge is 0.390 e. The maximum Gasteiger partial charge on any atom is 0.390 e. The van der Waals surface area contributed by atoms with Gasteiger partial charge in [0.05, 0.1) is 34.0 Å². The Labute approximate surface area is 87.0 Å². The maximum atomic E-state index is 11.9. The predicted molar refractivity (Wildman–Crippen MR) is 50.6 cm³/mol. The highest BCUT2D eigenvalue weighted by molar-refractivity contribution is 7.85. The molecule has 15 heavy (non-hydrogen) atoms. The molecule has 1 unspecified atom stereocenters. The molecule has 0 aromatic carbocycles. The molecule has 1 rings (SSSR count). The monoisotopic (exact) mass is 238 g/mol. The molecule has 0 aliphatic heterocycles. The predicted octanol–water partition coefficient (Wildman–Crippen LogP) is 1.72. The van der Waals surface area contributed by atoms with E-state index in [1.165, 1.54) is 18.5 Å². The minimum absolute atomic E-state index is 0.151. The summed E-state index contributed by atoms with van der Waals surface area (Å²) in [6.45, 7) is 0. The molecule has 0 amide bonds. The Morgan fingerprint density at radius 3 is 2.67 bits per heavy atom. The fourth-order valence-corrected chi connectivity index (χ4v) is 2.08. The number of anilines is 1. The van der Waals surface area contributed by atoms with Crippen LogP contribution in [-0.2, 0) is 10.8 Å². The van der Waals surface area contributed by atoms with Gasteiger partial charge in [-0.2, -0.15) is 13.2 Å². The van der Waals surface area contributed by atoms with Gasteiger partial charge in [-0.1, -0.05) is 0 Å². The first-order valence-corrected chi connectivity index (χ1v) is 5.36. The number of nitrogens with zero attached hydrogens (tertiary/aromatic N) is 1. The maximum absolute atomic E-state index is 11.9. The molecule has 0 spiro atoms. The molecule has 0 saturated carbocycles. The number of rotatable bonds is 3. The number of nitrogen functional groups attached to an aromatic ring is 1. The summed E-state index contributed by atoms with van der Waals surface area (Å²) in [6, 6.07) is 1.36. The SMILES string of the molecule is Nc1cnccc1S(=O)CCC(F)(F)F. The van der Waals surface area contributed by atoms with Crippen molar-refractivity contribution < 1.29 is 17.4 Å². The summed E-state index contributed by atoms with van der Waals surface area (Å²) in [5.74, 6) is -0.474. The van der Waals surface area contributed by atoms with Crippen LogP contribution in [0.2, 0.25) is 0 Å². The first kappa shape index (κ1) is 12.0. The van der Waals surface area contributed by atoms with E-state index in [9.17, 15) is 17.4 Å². The number of alkyl halides is 3. The van der Waals surface area contributed by atoms with Gasteiger partial charge in [0.25, 0.3) is 0 Å². The molecule has 0 bridgehead atoms. The molecule has 2 N–H and O–H groups in total. The lowest BCUT2D eigenvalue weighted by Crippen LogP contribution is -2.13. The summed E-state index contributed by atoms with van der Waals surface area (Å²) >= 11 is 0. The average molecular weight is 238 g/mol. The van der Waals surface area contributed by atoms with Crippen LogP contribution in [0.25, 0.3) is 0 Å². The molecule has 0 saturated heterocycles. The first-order valence-electron chi connectivity index (χ1n) is 4.05. The number of hydrogen-bond acceptors (Lipinski definition) is 3. The van der Waals surface area contributed by atoms with Crippen LogP contribution in [0.3, 0.4) is 0 Å². The van der Waals surface area contributed by atoms with E-state index in [-0.39, 0.29) is 10.6 Å². The summed E-state index contributed by atoms with van der Waals surface area (Å²) in [5.41, 5.74) is 5.57. The van der Waals surface area contributed by atoms with Gasteiger partial charge < -0.3 is 5.73 Å². The molecule has 84 valence electrons. The van der Waals surface area contributed by atoms with E-state index in [0.29, 0.717) is 0 Å². The van der Waals surface area contributed by atoms with Crippen molar-refractivity contribution in [1.29, 1.82) is 0 Å². The molecule has 0 radical (unpaired) electrons. The van der Waals surface area contributed by atoms with Gasteiger partial charge in [0, 0.05) is 11.9 Å². The highest BCUT2D eigenvalue weighted by Crippen LogP contribution is 2.22. The molecule has 1 aromatic heterocycles. The van der Waals surface area contributed by atoms with Gasteiger partial charge >= 0.3 is 6.18 Å². The summed E-state index contributed by atoms with van der Waals surface area (Å²) in [4.78, 5) is 3.86. The van der Waals surface area contributed by atoms with E-state index in [0.717, 1.165) is 0 Å². The highest BCUT2D eigenvalue weighted by Gasteiger charge is 2.28. The second-order valence-corrected chi connectivity index (χ2v) is 4.37. The van der Waals surface area contributed by atoms with Crippen molar-refractivity contribution in [2.24, 2.45) is 0 Å². The van der Waals surface area contributed by atoms with Crippen molar-refractivity contribution in [2.45, 2.75) is 17.5 Å². The number of halogens is 3. The quantitative estimate of drug-likeness (QED) is 0.872. The lowest BCUT2D eigenvalue weighted by molar-refractivity contribution is -0.129. The average Bonchev–Trinajstić information content (AvgIpc) is 2.14. The molecule has 0 aliphatic rings. The van der Waals surface area contributed by atoms with Gasteiger partial charge in [-0.15, -0.1) is 0 Å². The van der Waals surface area contributed by atoms with Crippen LogP contribution in [0.5, 0.6) is 0 Å². The van der Waals surface area contributed by atoms with Crippen molar-refractivity contribution in [1.82, 2.24) is 4.98 Å². The van der Waals surface area contributed by atoms with Gasteiger partial charge in [-0.25, -0.2) is 0 Å². The van der Waals surface area contributed by atoms with Crippen molar-refractivity contribution in [2.75, 3.05) is 11.5 Å². The minimum Gasteiger partial charge on any atom is -0.396 e. The molecular weight excluding hydrogens is 229 g/mol. The summed E-state index contributed by atoms with van der Waals surface area (Å²) in [7, 11) is -1.73. The molecule has 1 aromatic rings. The number of hydrogen-bond donors (Lipinski definition) is 1. The Bertz CT molecular complexity index is 367. The minimum atomic E-state index is -4.29. The van der Waals surface area contributed by atoms with E-state index < -0.39 is 29.1 Å². The van der Waals surface area contributed by atoms with Gasteiger partial charge in [0.15, 0.2) is 0 Å². The zero-order valence-electron chi connectivity index (χ0n) is 7.62. The highest BCUT2D eigenvalue weighted by atomic mass is 32.2. The van der Waals surface area contributed by atoms with Crippen LogP contribution < -0.4 is 5.73 Å². The Morgan fingerprint density at radius 1 is 1.47 bits per heavy atom. The molecule has 1 heterocycles. The fourth-order valence-electron chi connectivity index (χ4n) is 0.920. The Balaban J connectivity index is 2.66. The van der Waals surface area contributed by atoms with Crippen LogP contribution in [0.15, 0.2) is 23.4 Å². The first-order chi connectivity index (χ1) is 6.90. The van der Waals surface area contributed by atoms with Crippen LogP contribution in [0, 0.1) is 0 Å². The molecule has 1 atom stereocenters. The Hall–Kier alpha value is -1.11. The van der Waals surface area contributed by atoms with Crippen molar-refractivity contribution in [3.63, 3.8) is 0 Å². The molecule has 0 fully saturated rings. The van der Waals surface area contributed by atoms with Gasteiger partial charge in [0.1, 0.15) is 0 Å². The fraction of sp³-hybridized carbons (Fsp3) is 0.375. The summed E-state index contributed by atoms with van der Waals surface area (Å²) in [5, 5.41) is 0. The number of pyridine rings is 1. The second kappa shape index (κ2) is 4.61. The number of nitrogens with two attached hydrogens (primary N) is 1. The molecule has 3 nitrogen and oxygen atoms in total. The van der Waals surface area contributed by atoms with E-state index in [1.54, 1.807) is 0 Å². The van der Waals surface area contributed by atoms with E-state index in [2.05, 4.69) is 4.98 Å². The van der Waals surface area contributed by atoms with Crippen LogP contribution in [0.1, 0.15) is 6.42 Å². The van der Waals surface area contributed by atoms with Gasteiger partial charge in [-0.05, 0) is 6.07 Å². The lowest BCUT2D eigenvalue weighted by Gasteiger charge is -2.07. The van der Waals surface area contributed by atoms with Crippen LogP contribution in [-0.4, -0.2) is 21.1 Å². The normalized spacial score (nSPS) is 13.8. The third-order valence-electron chi connectivity index (χ3n) is 1.63. The lowest BCUT2D eigenvalue weighted by atomic mass is 10.4. The van der Waals surface area contributed by atoms with Crippen molar-refractivity contribution in [3.8, 4) is 0 Å². The second-order valence-electron chi connectivity index (χ2n) is 2.83. The summed E-state index contributed by atoms with van der Waals surface area (Å²) in [6.07, 6.45) is -2.77. The standard InChI is InChI=1S/C8H9F3N2OS/c9-8(10,11)2-4-15(14)7-1-3-13-5-6(7)12/h1,3,5H,2,4,12H2.